The number of hydrogen-bond acceptors (Lipinski definition) is 4. The van der Waals surface area contributed by atoms with Crippen molar-refractivity contribution in [1.82, 2.24) is 20.1 Å². The number of aromatic nitrogens is 3. The number of rotatable bonds is 5. The first kappa shape index (κ1) is 18.6. The van der Waals surface area contributed by atoms with Crippen LogP contribution >= 0.6 is 0 Å². The van der Waals surface area contributed by atoms with Crippen molar-refractivity contribution in [1.29, 1.82) is 0 Å². The normalized spacial score (nSPS) is 12.3. The fourth-order valence-corrected chi connectivity index (χ4v) is 2.79. The highest BCUT2D eigenvalue weighted by molar-refractivity contribution is 6.07. The molecule has 2 N–H and O–H groups in total. The van der Waals surface area contributed by atoms with Gasteiger partial charge < -0.3 is 10.4 Å². The van der Waals surface area contributed by atoms with Gasteiger partial charge in [0.25, 0.3) is 5.91 Å². The summed E-state index contributed by atoms with van der Waals surface area (Å²) < 4.78 is 1.75. The topological polar surface area (TPSA) is 97.1 Å². The van der Waals surface area contributed by atoms with E-state index in [-0.39, 0.29) is 6.04 Å². The van der Waals surface area contributed by atoms with Crippen molar-refractivity contribution in [3.8, 4) is 11.3 Å². The molecule has 0 spiro atoms. The Hall–Kier alpha value is -3.22. The van der Waals surface area contributed by atoms with E-state index in [9.17, 15) is 9.59 Å². The van der Waals surface area contributed by atoms with Gasteiger partial charge in [-0.2, -0.15) is 5.10 Å². The van der Waals surface area contributed by atoms with Gasteiger partial charge in [0.2, 0.25) is 0 Å². The summed E-state index contributed by atoms with van der Waals surface area (Å²) in [6.07, 6.45) is 1.60. The third-order valence-electron chi connectivity index (χ3n) is 4.37. The molecule has 0 saturated carbocycles. The number of amides is 1. The Bertz CT molecular complexity index is 1010. The summed E-state index contributed by atoms with van der Waals surface area (Å²) in [7, 11) is 0. The summed E-state index contributed by atoms with van der Waals surface area (Å²) >= 11 is 0. The molecule has 7 nitrogen and oxygen atoms in total. The van der Waals surface area contributed by atoms with Crippen molar-refractivity contribution in [2.75, 3.05) is 0 Å². The van der Waals surface area contributed by atoms with E-state index >= 15 is 0 Å². The minimum atomic E-state index is -1.09. The van der Waals surface area contributed by atoms with Crippen LogP contribution in [0.5, 0.6) is 0 Å². The van der Waals surface area contributed by atoms with Gasteiger partial charge in [-0.3, -0.25) is 9.59 Å². The number of pyridine rings is 1. The highest BCUT2D eigenvalue weighted by atomic mass is 16.4. The molecule has 1 atom stereocenters. The lowest BCUT2D eigenvalue weighted by molar-refractivity contribution is -0.138. The molecule has 0 bridgehead atoms. The third-order valence-corrected chi connectivity index (χ3v) is 4.37. The predicted octanol–water partition coefficient (Wildman–Crippen LogP) is 3.19. The van der Waals surface area contributed by atoms with Gasteiger partial charge in [0.05, 0.1) is 22.8 Å². The van der Waals surface area contributed by atoms with Gasteiger partial charge in [-0.05, 0) is 33.8 Å². The number of carboxylic acid groups (broad SMARTS) is 1. The van der Waals surface area contributed by atoms with Gasteiger partial charge >= 0.3 is 5.97 Å². The quantitative estimate of drug-likeness (QED) is 0.723. The van der Waals surface area contributed by atoms with Crippen molar-refractivity contribution in [3.05, 3.63) is 47.7 Å². The zero-order valence-electron chi connectivity index (χ0n) is 15.7. The van der Waals surface area contributed by atoms with E-state index in [2.05, 4.69) is 10.4 Å². The van der Waals surface area contributed by atoms with E-state index in [0.29, 0.717) is 22.3 Å². The fourth-order valence-electron chi connectivity index (χ4n) is 2.79. The summed E-state index contributed by atoms with van der Waals surface area (Å²) in [6.45, 7) is 7.40. The predicted molar refractivity (Wildman–Crippen MR) is 103 cm³/mol. The van der Waals surface area contributed by atoms with Crippen LogP contribution in [0.2, 0.25) is 0 Å². The zero-order chi connectivity index (χ0) is 19.7. The van der Waals surface area contributed by atoms with E-state index in [0.717, 1.165) is 11.1 Å². The van der Waals surface area contributed by atoms with Gasteiger partial charge in [-0.1, -0.05) is 29.8 Å². The molecule has 27 heavy (non-hydrogen) atoms. The molecule has 0 saturated heterocycles. The van der Waals surface area contributed by atoms with Crippen LogP contribution in [0.1, 0.15) is 42.7 Å². The molecule has 1 aromatic carbocycles. The van der Waals surface area contributed by atoms with Crippen LogP contribution in [0.15, 0.2) is 36.5 Å². The Morgan fingerprint density at radius 2 is 1.81 bits per heavy atom. The van der Waals surface area contributed by atoms with Gasteiger partial charge in [-0.25, -0.2) is 9.67 Å². The number of nitrogens with one attached hydrogen (secondary N) is 1. The smallest absolute Gasteiger partial charge is 0.325 e. The SMILES string of the molecule is Cc1ccc(-c2cc(C(=O)NC(C)C(=O)O)c3cnn(C(C)C)c3n2)cc1. The molecule has 1 amide bonds. The first-order chi connectivity index (χ1) is 12.8. The summed E-state index contributed by atoms with van der Waals surface area (Å²) in [5.41, 5.74) is 3.59. The lowest BCUT2D eigenvalue weighted by Crippen LogP contribution is -2.38. The average Bonchev–Trinajstić information content (AvgIpc) is 3.05. The summed E-state index contributed by atoms with van der Waals surface area (Å²) in [4.78, 5) is 28.6. The third kappa shape index (κ3) is 3.67. The van der Waals surface area contributed by atoms with Gasteiger partial charge in [0.1, 0.15) is 6.04 Å². The highest BCUT2D eigenvalue weighted by Crippen LogP contribution is 2.26. The minimum absolute atomic E-state index is 0.0668. The zero-order valence-corrected chi connectivity index (χ0v) is 15.7. The maximum Gasteiger partial charge on any atom is 0.325 e. The number of aliphatic carboxylic acids is 1. The fraction of sp³-hybridized carbons (Fsp3) is 0.300. The Morgan fingerprint density at radius 3 is 2.41 bits per heavy atom. The Labute approximate surface area is 157 Å². The van der Waals surface area contributed by atoms with E-state index in [1.165, 1.54) is 6.92 Å². The van der Waals surface area contributed by atoms with Crippen molar-refractivity contribution in [3.63, 3.8) is 0 Å². The molecule has 0 aliphatic rings. The Kier molecular flexibility index (Phi) is 4.94. The maximum atomic E-state index is 12.8. The van der Waals surface area contributed by atoms with Crippen molar-refractivity contribution >= 4 is 22.9 Å². The molecule has 140 valence electrons. The second-order valence-corrected chi connectivity index (χ2v) is 6.87. The molecular formula is C20H22N4O3. The number of hydrogen-bond donors (Lipinski definition) is 2. The first-order valence-corrected chi connectivity index (χ1v) is 8.77. The molecule has 7 heteroatoms. The van der Waals surface area contributed by atoms with Crippen LogP contribution in [0.4, 0.5) is 0 Å². The monoisotopic (exact) mass is 366 g/mol. The van der Waals surface area contributed by atoms with Crippen LogP contribution in [0.25, 0.3) is 22.3 Å². The molecular weight excluding hydrogens is 344 g/mol. The molecule has 0 aliphatic heterocycles. The Morgan fingerprint density at radius 1 is 1.15 bits per heavy atom. The summed E-state index contributed by atoms with van der Waals surface area (Å²) in [5.74, 6) is -1.56. The summed E-state index contributed by atoms with van der Waals surface area (Å²) in [6, 6.07) is 8.60. The molecule has 1 unspecified atom stereocenters. The minimum Gasteiger partial charge on any atom is -0.480 e. The van der Waals surface area contributed by atoms with Crippen molar-refractivity contribution in [2.24, 2.45) is 0 Å². The van der Waals surface area contributed by atoms with Crippen LogP contribution in [0, 0.1) is 6.92 Å². The van der Waals surface area contributed by atoms with E-state index in [1.807, 2.05) is 45.0 Å². The number of fused-ring (bicyclic) bond motifs is 1. The lowest BCUT2D eigenvalue weighted by Gasteiger charge is -2.13. The second kappa shape index (κ2) is 7.19. The highest BCUT2D eigenvalue weighted by Gasteiger charge is 2.21. The average molecular weight is 366 g/mol. The standard InChI is InChI=1S/C20H22N4O3/c1-11(2)24-18-16(10-21-24)15(19(25)22-13(4)20(26)27)9-17(23-18)14-7-5-12(3)6-8-14/h5-11,13H,1-4H3,(H,22,25)(H,26,27). The molecule has 0 fully saturated rings. The molecule has 3 rings (SSSR count). The van der Waals surface area contributed by atoms with E-state index < -0.39 is 17.9 Å². The second-order valence-electron chi connectivity index (χ2n) is 6.87. The molecule has 2 aromatic heterocycles. The van der Waals surface area contributed by atoms with E-state index in [4.69, 9.17) is 10.1 Å². The van der Waals surface area contributed by atoms with Crippen molar-refractivity contribution < 1.29 is 14.7 Å². The summed E-state index contributed by atoms with van der Waals surface area (Å²) in [5, 5.41) is 16.5. The van der Waals surface area contributed by atoms with Crippen LogP contribution in [-0.2, 0) is 4.79 Å². The van der Waals surface area contributed by atoms with E-state index in [1.54, 1.807) is 16.9 Å². The van der Waals surface area contributed by atoms with Crippen LogP contribution in [0.3, 0.4) is 0 Å². The number of carboxylic acids is 1. The van der Waals surface area contributed by atoms with Gasteiger partial charge in [0.15, 0.2) is 5.65 Å². The van der Waals surface area contributed by atoms with Crippen LogP contribution in [-0.4, -0.2) is 37.8 Å². The maximum absolute atomic E-state index is 12.8. The largest absolute Gasteiger partial charge is 0.480 e. The number of benzene rings is 1. The molecule has 0 radical (unpaired) electrons. The molecule has 2 heterocycles. The Balaban J connectivity index is 2.17. The van der Waals surface area contributed by atoms with Crippen LogP contribution < -0.4 is 5.32 Å². The van der Waals surface area contributed by atoms with Crippen molar-refractivity contribution in [2.45, 2.75) is 39.8 Å². The molecule has 0 aliphatic carbocycles. The number of nitrogens with zero attached hydrogens (tertiary/aromatic N) is 3. The molecule has 3 aromatic rings. The van der Waals surface area contributed by atoms with Gasteiger partial charge in [0, 0.05) is 11.6 Å². The number of aryl methyl sites for hydroxylation is 1. The first-order valence-electron chi connectivity index (χ1n) is 8.77. The lowest BCUT2D eigenvalue weighted by atomic mass is 10.0. The number of carbonyl (C=O) groups is 2. The number of carbonyl (C=O) groups excluding carboxylic acids is 1. The van der Waals surface area contributed by atoms with Gasteiger partial charge in [-0.15, -0.1) is 0 Å².